The quantitative estimate of drug-likeness (QED) is 0.634. The van der Waals surface area contributed by atoms with Crippen LogP contribution in [-0.2, 0) is 9.22 Å². The van der Waals surface area contributed by atoms with E-state index in [1.807, 2.05) is 0 Å². The fraction of sp³-hybridized carbons (Fsp3) is 0.944. The van der Waals surface area contributed by atoms with Crippen molar-refractivity contribution in [3.8, 4) is 0 Å². The minimum atomic E-state index is -2.05. The van der Waals surface area contributed by atoms with Gasteiger partial charge >= 0.3 is 5.97 Å². The van der Waals surface area contributed by atoms with Crippen LogP contribution in [0.1, 0.15) is 60.8 Å². The Balaban J connectivity index is 3.02. The van der Waals surface area contributed by atoms with Crippen LogP contribution in [-0.4, -0.2) is 39.7 Å². The maximum Gasteiger partial charge on any atom is 0.309 e. The molecule has 1 heterocycles. The maximum atomic E-state index is 13.0. The summed E-state index contributed by atoms with van der Waals surface area (Å²) < 4.78 is 8.71. The van der Waals surface area contributed by atoms with Gasteiger partial charge in [0.15, 0.2) is 0 Å². The number of carbonyl (C=O) groups is 1. The molecule has 1 unspecified atom stereocenters. The van der Waals surface area contributed by atoms with E-state index in [-0.39, 0.29) is 22.1 Å². The van der Waals surface area contributed by atoms with Crippen LogP contribution in [0.5, 0.6) is 0 Å². The van der Waals surface area contributed by atoms with E-state index in [0.717, 1.165) is 19.4 Å². The number of piperidine rings is 1. The van der Waals surface area contributed by atoms with Gasteiger partial charge < -0.3 is 8.99 Å². The molecule has 5 heteroatoms. The molecule has 1 aliphatic rings. The van der Waals surface area contributed by atoms with Crippen molar-refractivity contribution >= 4 is 22.5 Å². The predicted molar refractivity (Wildman–Crippen MR) is 105 cm³/mol. The van der Waals surface area contributed by atoms with E-state index >= 15 is 0 Å². The summed E-state index contributed by atoms with van der Waals surface area (Å²) in [7, 11) is -3.75. The van der Waals surface area contributed by atoms with Gasteiger partial charge in [0.2, 0.25) is 0 Å². The van der Waals surface area contributed by atoms with Crippen LogP contribution in [0.15, 0.2) is 0 Å². The van der Waals surface area contributed by atoms with E-state index < -0.39 is 16.6 Å². The lowest BCUT2D eigenvalue weighted by atomic mass is 10.1. The molecule has 0 spiro atoms. The van der Waals surface area contributed by atoms with E-state index in [2.05, 4.69) is 72.3 Å². The third-order valence-electron chi connectivity index (χ3n) is 6.49. The van der Waals surface area contributed by atoms with Crippen molar-refractivity contribution < 1.29 is 9.22 Å². The van der Waals surface area contributed by atoms with Crippen LogP contribution in [0.2, 0.25) is 36.3 Å². The molecule has 1 aliphatic heterocycles. The van der Waals surface area contributed by atoms with E-state index in [0.29, 0.717) is 0 Å². The van der Waals surface area contributed by atoms with Crippen LogP contribution >= 0.6 is 0 Å². The summed E-state index contributed by atoms with van der Waals surface area (Å²) in [6.45, 7) is 23.8. The lowest BCUT2D eigenvalue weighted by Crippen LogP contribution is -2.63. The van der Waals surface area contributed by atoms with Gasteiger partial charge in [-0.2, -0.15) is 0 Å². The van der Waals surface area contributed by atoms with Crippen LogP contribution < -0.4 is 0 Å². The number of rotatable bonds is 3. The first-order chi connectivity index (χ1) is 10.1. The number of nitrogens with zero attached hydrogens (tertiary/aromatic N) is 1. The summed E-state index contributed by atoms with van der Waals surface area (Å²) >= 11 is 0. The minimum absolute atomic E-state index is 0.0289. The van der Waals surface area contributed by atoms with Gasteiger partial charge in [0.25, 0.3) is 8.32 Å². The summed E-state index contributed by atoms with van der Waals surface area (Å²) in [5.41, 5.74) is 0. The van der Waals surface area contributed by atoms with E-state index in [1.165, 1.54) is 6.42 Å². The number of carbonyl (C=O) groups excluding carboxylic acids is 1. The zero-order chi connectivity index (χ0) is 18.3. The average molecular weight is 358 g/mol. The van der Waals surface area contributed by atoms with E-state index in [9.17, 15) is 4.79 Å². The van der Waals surface area contributed by atoms with Crippen LogP contribution in [0, 0.1) is 0 Å². The Morgan fingerprint density at radius 2 is 1.48 bits per heavy atom. The highest BCUT2D eigenvalue weighted by molar-refractivity contribution is 6.78. The van der Waals surface area contributed by atoms with Crippen molar-refractivity contribution in [3.05, 3.63) is 0 Å². The molecule has 0 bridgehead atoms. The van der Waals surface area contributed by atoms with Crippen molar-refractivity contribution in [1.82, 2.24) is 4.57 Å². The normalized spacial score (nSPS) is 22.1. The molecule has 0 radical (unpaired) electrons. The Bertz CT molecular complexity index is 433. The van der Waals surface area contributed by atoms with Crippen LogP contribution in [0.3, 0.4) is 0 Å². The molecule has 136 valence electrons. The summed E-state index contributed by atoms with van der Waals surface area (Å²) in [5.74, 6) is 0.0427. The molecule has 1 fully saturated rings. The molecule has 0 aromatic carbocycles. The van der Waals surface area contributed by atoms with Gasteiger partial charge in [-0.05, 0) is 42.6 Å². The molecule has 3 nitrogen and oxygen atoms in total. The highest BCUT2D eigenvalue weighted by Gasteiger charge is 2.48. The molecule has 23 heavy (non-hydrogen) atoms. The van der Waals surface area contributed by atoms with Crippen molar-refractivity contribution in [2.24, 2.45) is 0 Å². The zero-order valence-electron chi connectivity index (χ0n) is 17.2. The fourth-order valence-electron chi connectivity index (χ4n) is 2.75. The van der Waals surface area contributed by atoms with Crippen LogP contribution in [0.4, 0.5) is 0 Å². The second kappa shape index (κ2) is 6.64. The number of hydrogen-bond acceptors (Lipinski definition) is 3. The molecular formula is C18H39NO2Si2. The Morgan fingerprint density at radius 3 is 1.91 bits per heavy atom. The first-order valence-electron chi connectivity index (χ1n) is 9.11. The standard InChI is InChI=1S/C18H39NO2Si2/c1-17(2,3)22(7,8)19-14-12-11-13-15(19)16(20)21-23(9,10)18(4,5)6/h15H,11-14H2,1-10H3. The molecule has 0 N–H and O–H groups in total. The van der Waals surface area contributed by atoms with Crippen molar-refractivity contribution in [2.45, 2.75) is 103 Å². The van der Waals surface area contributed by atoms with E-state index in [4.69, 9.17) is 4.43 Å². The molecule has 1 atom stereocenters. The third-order valence-corrected chi connectivity index (χ3v) is 16.5. The molecule has 0 aromatic heterocycles. The van der Waals surface area contributed by atoms with Gasteiger partial charge in [-0.1, -0.05) is 61.1 Å². The molecule has 1 saturated heterocycles. The predicted octanol–water partition coefficient (Wildman–Crippen LogP) is 5.39. The topological polar surface area (TPSA) is 29.5 Å². The lowest BCUT2D eigenvalue weighted by molar-refractivity contribution is -0.141. The summed E-state index contributed by atoms with van der Waals surface area (Å²) in [6, 6.07) is -0.0289. The highest BCUT2D eigenvalue weighted by Crippen LogP contribution is 2.42. The molecule has 0 aliphatic carbocycles. The lowest BCUT2D eigenvalue weighted by Gasteiger charge is -2.51. The minimum Gasteiger partial charge on any atom is -0.518 e. The monoisotopic (exact) mass is 357 g/mol. The largest absolute Gasteiger partial charge is 0.518 e. The third kappa shape index (κ3) is 4.48. The van der Waals surface area contributed by atoms with Crippen molar-refractivity contribution in [2.75, 3.05) is 6.54 Å². The van der Waals surface area contributed by atoms with Gasteiger partial charge in [-0.3, -0.25) is 4.79 Å². The average Bonchev–Trinajstić information content (AvgIpc) is 2.35. The fourth-order valence-corrected chi connectivity index (χ4v) is 6.29. The van der Waals surface area contributed by atoms with Crippen molar-refractivity contribution in [3.63, 3.8) is 0 Å². The number of hydrogen-bond donors (Lipinski definition) is 0. The smallest absolute Gasteiger partial charge is 0.309 e. The Kier molecular flexibility index (Phi) is 6.03. The molecular weight excluding hydrogens is 318 g/mol. The van der Waals surface area contributed by atoms with Gasteiger partial charge in [-0.25, -0.2) is 0 Å². The van der Waals surface area contributed by atoms with Crippen molar-refractivity contribution in [1.29, 1.82) is 0 Å². The molecule has 0 saturated carbocycles. The second-order valence-corrected chi connectivity index (χ2v) is 20.1. The first-order valence-corrected chi connectivity index (χ1v) is 15.0. The Morgan fingerprint density at radius 1 is 0.957 bits per heavy atom. The molecule has 0 aromatic rings. The van der Waals surface area contributed by atoms with Gasteiger partial charge in [0.1, 0.15) is 14.3 Å². The summed E-state index contributed by atoms with van der Waals surface area (Å²) in [4.78, 5) is 13.0. The maximum absolute atomic E-state index is 13.0. The van der Waals surface area contributed by atoms with Gasteiger partial charge in [-0.15, -0.1) is 0 Å². The van der Waals surface area contributed by atoms with Gasteiger partial charge in [0.05, 0.1) is 0 Å². The molecule has 0 amide bonds. The Labute approximate surface area is 146 Å². The highest BCUT2D eigenvalue weighted by atomic mass is 28.4. The summed E-state index contributed by atoms with van der Waals surface area (Å²) in [5, 5.41) is 0.318. The van der Waals surface area contributed by atoms with Crippen LogP contribution in [0.25, 0.3) is 0 Å². The SMILES string of the molecule is CC(C)(C)[Si](C)(C)OC(=O)C1CCCCN1[Si](C)(C)C(C)(C)C. The first kappa shape index (κ1) is 20.9. The Hall–Kier alpha value is -0.136. The summed E-state index contributed by atoms with van der Waals surface area (Å²) in [6.07, 6.45) is 3.30. The van der Waals surface area contributed by atoms with E-state index in [1.54, 1.807) is 0 Å². The molecule has 1 rings (SSSR count). The second-order valence-electron chi connectivity index (χ2n) is 10.2. The van der Waals surface area contributed by atoms with Gasteiger partial charge in [0, 0.05) is 0 Å². The zero-order valence-corrected chi connectivity index (χ0v) is 19.2.